The van der Waals surface area contributed by atoms with E-state index in [1.54, 1.807) is 0 Å². The molecule has 6 heteroatoms. The SMILES string of the molecule is CCON1C(=O)CC(C(=O)OC)C12CCN(CC(CC)CC)CC2. The Morgan fingerprint density at radius 1 is 1.25 bits per heavy atom. The van der Waals surface area contributed by atoms with Crippen molar-refractivity contribution in [3.05, 3.63) is 0 Å². The van der Waals surface area contributed by atoms with Crippen LogP contribution in [0.2, 0.25) is 0 Å². The van der Waals surface area contributed by atoms with Crippen molar-refractivity contribution in [2.75, 3.05) is 33.4 Å². The molecular weight excluding hydrogens is 308 g/mol. The predicted molar refractivity (Wildman–Crippen MR) is 91.1 cm³/mol. The minimum absolute atomic E-state index is 0.0966. The summed E-state index contributed by atoms with van der Waals surface area (Å²) < 4.78 is 4.98. The molecule has 0 aromatic rings. The predicted octanol–water partition coefficient (Wildman–Crippen LogP) is 2.23. The summed E-state index contributed by atoms with van der Waals surface area (Å²) in [6.07, 6.45) is 4.09. The van der Waals surface area contributed by atoms with E-state index in [0.29, 0.717) is 12.5 Å². The number of hydrogen-bond donors (Lipinski definition) is 0. The van der Waals surface area contributed by atoms with Crippen LogP contribution in [0.5, 0.6) is 0 Å². The van der Waals surface area contributed by atoms with Gasteiger partial charge in [-0.05, 0) is 25.7 Å². The van der Waals surface area contributed by atoms with Crippen LogP contribution >= 0.6 is 0 Å². The summed E-state index contributed by atoms with van der Waals surface area (Å²) in [5.41, 5.74) is -0.537. The molecule has 0 aliphatic carbocycles. The van der Waals surface area contributed by atoms with Gasteiger partial charge in [-0.2, -0.15) is 0 Å². The number of piperidine rings is 1. The molecule has 0 N–H and O–H groups in total. The summed E-state index contributed by atoms with van der Waals surface area (Å²) in [6, 6.07) is 0. The second-order valence-corrected chi connectivity index (χ2v) is 6.97. The molecule has 2 fully saturated rings. The van der Waals surface area contributed by atoms with Gasteiger partial charge in [-0.25, -0.2) is 5.06 Å². The molecule has 0 saturated carbocycles. The fourth-order valence-corrected chi connectivity index (χ4v) is 4.20. The molecule has 1 amide bonds. The van der Waals surface area contributed by atoms with E-state index < -0.39 is 11.5 Å². The lowest BCUT2D eigenvalue weighted by atomic mass is 9.77. The number of hydrogen-bond acceptors (Lipinski definition) is 5. The zero-order valence-corrected chi connectivity index (χ0v) is 15.5. The van der Waals surface area contributed by atoms with Crippen molar-refractivity contribution in [2.24, 2.45) is 11.8 Å². The number of methoxy groups -OCH3 is 1. The van der Waals surface area contributed by atoms with Crippen LogP contribution in [0.25, 0.3) is 0 Å². The van der Waals surface area contributed by atoms with Crippen LogP contribution in [-0.4, -0.2) is 60.7 Å². The molecular formula is C18H32N2O4. The zero-order valence-electron chi connectivity index (χ0n) is 15.5. The van der Waals surface area contributed by atoms with E-state index in [9.17, 15) is 9.59 Å². The van der Waals surface area contributed by atoms with Gasteiger partial charge in [-0.3, -0.25) is 14.4 Å². The first-order valence-corrected chi connectivity index (χ1v) is 9.28. The normalized spacial score (nSPS) is 24.1. The summed E-state index contributed by atoms with van der Waals surface area (Å²) in [6.45, 7) is 9.64. The molecule has 24 heavy (non-hydrogen) atoms. The molecule has 0 aromatic heterocycles. The molecule has 0 aromatic carbocycles. The minimum atomic E-state index is -0.537. The van der Waals surface area contributed by atoms with Crippen LogP contribution in [0.3, 0.4) is 0 Å². The smallest absolute Gasteiger partial charge is 0.311 e. The highest BCUT2D eigenvalue weighted by Crippen LogP contribution is 2.44. The van der Waals surface area contributed by atoms with Crippen molar-refractivity contribution >= 4 is 11.9 Å². The molecule has 1 atom stereocenters. The molecule has 2 heterocycles. The monoisotopic (exact) mass is 340 g/mol. The Morgan fingerprint density at radius 2 is 1.88 bits per heavy atom. The van der Waals surface area contributed by atoms with Crippen molar-refractivity contribution in [2.45, 2.75) is 58.4 Å². The number of likely N-dealkylation sites (tertiary alicyclic amines) is 1. The van der Waals surface area contributed by atoms with Gasteiger partial charge in [0.25, 0.3) is 0 Å². The topological polar surface area (TPSA) is 59.1 Å². The average molecular weight is 340 g/mol. The fourth-order valence-electron chi connectivity index (χ4n) is 4.20. The summed E-state index contributed by atoms with van der Waals surface area (Å²) >= 11 is 0. The van der Waals surface area contributed by atoms with Crippen molar-refractivity contribution in [3.8, 4) is 0 Å². The van der Waals surface area contributed by atoms with Gasteiger partial charge in [-0.1, -0.05) is 26.7 Å². The van der Waals surface area contributed by atoms with E-state index in [-0.39, 0.29) is 18.3 Å². The highest BCUT2D eigenvalue weighted by molar-refractivity contribution is 5.88. The lowest BCUT2D eigenvalue weighted by Gasteiger charge is -2.46. The number of hydroxylamine groups is 2. The third-order valence-electron chi connectivity index (χ3n) is 5.80. The minimum Gasteiger partial charge on any atom is -0.469 e. The van der Waals surface area contributed by atoms with Crippen LogP contribution in [0.15, 0.2) is 0 Å². The Bertz CT molecular complexity index is 442. The second kappa shape index (κ2) is 8.30. The van der Waals surface area contributed by atoms with Crippen molar-refractivity contribution in [1.29, 1.82) is 0 Å². The lowest BCUT2D eigenvalue weighted by molar-refractivity contribution is -0.221. The highest BCUT2D eigenvalue weighted by Gasteiger charge is 2.58. The first kappa shape index (κ1) is 19.2. The van der Waals surface area contributed by atoms with Crippen LogP contribution < -0.4 is 0 Å². The number of carbonyl (C=O) groups is 2. The second-order valence-electron chi connectivity index (χ2n) is 6.97. The number of amides is 1. The zero-order chi connectivity index (χ0) is 17.7. The Balaban J connectivity index is 2.13. The molecule has 2 saturated heterocycles. The standard InChI is InChI=1S/C18H32N2O4/c1-5-14(6-2)13-19-10-8-18(9-11-19)15(17(22)23-4)12-16(21)20(18)24-7-3/h14-15H,5-13H2,1-4H3. The molecule has 1 spiro atoms. The Morgan fingerprint density at radius 3 is 2.38 bits per heavy atom. The molecule has 2 aliphatic rings. The van der Waals surface area contributed by atoms with Gasteiger partial charge in [-0.15, -0.1) is 0 Å². The first-order chi connectivity index (χ1) is 11.5. The van der Waals surface area contributed by atoms with Crippen molar-refractivity contribution in [1.82, 2.24) is 9.96 Å². The van der Waals surface area contributed by atoms with Gasteiger partial charge < -0.3 is 9.64 Å². The largest absolute Gasteiger partial charge is 0.469 e. The number of ether oxygens (including phenoxy) is 1. The van der Waals surface area contributed by atoms with Crippen LogP contribution in [0.4, 0.5) is 0 Å². The number of carbonyl (C=O) groups excluding carboxylic acids is 2. The van der Waals surface area contributed by atoms with Gasteiger partial charge in [0.1, 0.15) is 0 Å². The van der Waals surface area contributed by atoms with Gasteiger partial charge in [0.05, 0.1) is 25.2 Å². The van der Waals surface area contributed by atoms with E-state index in [1.165, 1.54) is 25.0 Å². The molecule has 0 bridgehead atoms. The Kier molecular flexibility index (Phi) is 6.63. The van der Waals surface area contributed by atoms with E-state index in [2.05, 4.69) is 18.7 Å². The van der Waals surface area contributed by atoms with Gasteiger partial charge in [0.2, 0.25) is 5.91 Å². The fraction of sp³-hybridized carbons (Fsp3) is 0.889. The third kappa shape index (κ3) is 3.59. The first-order valence-electron chi connectivity index (χ1n) is 9.28. The van der Waals surface area contributed by atoms with E-state index in [0.717, 1.165) is 32.5 Å². The molecule has 2 rings (SSSR count). The molecule has 0 radical (unpaired) electrons. The number of rotatable bonds is 7. The maximum Gasteiger partial charge on any atom is 0.311 e. The van der Waals surface area contributed by atoms with E-state index >= 15 is 0 Å². The third-order valence-corrected chi connectivity index (χ3v) is 5.80. The maximum absolute atomic E-state index is 12.4. The molecule has 6 nitrogen and oxygen atoms in total. The van der Waals surface area contributed by atoms with Gasteiger partial charge in [0.15, 0.2) is 0 Å². The lowest BCUT2D eigenvalue weighted by Crippen LogP contribution is -2.57. The van der Waals surface area contributed by atoms with Crippen LogP contribution in [-0.2, 0) is 19.2 Å². The molecule has 2 aliphatic heterocycles. The number of esters is 1. The van der Waals surface area contributed by atoms with Crippen molar-refractivity contribution in [3.63, 3.8) is 0 Å². The van der Waals surface area contributed by atoms with Crippen LogP contribution in [0.1, 0.15) is 52.9 Å². The van der Waals surface area contributed by atoms with Crippen molar-refractivity contribution < 1.29 is 19.2 Å². The Hall–Kier alpha value is -1.14. The van der Waals surface area contributed by atoms with E-state index in [4.69, 9.17) is 9.57 Å². The van der Waals surface area contributed by atoms with Gasteiger partial charge in [0, 0.05) is 26.1 Å². The quantitative estimate of drug-likeness (QED) is 0.665. The average Bonchev–Trinajstić information content (AvgIpc) is 2.87. The maximum atomic E-state index is 12.4. The summed E-state index contributed by atoms with van der Waals surface area (Å²) in [4.78, 5) is 32.8. The highest BCUT2D eigenvalue weighted by atomic mass is 16.7. The Labute approximate surface area is 145 Å². The number of nitrogens with zero attached hydrogens (tertiary/aromatic N) is 2. The summed E-state index contributed by atoms with van der Waals surface area (Å²) in [5, 5.41) is 1.50. The summed E-state index contributed by atoms with van der Waals surface area (Å²) in [5.74, 6) is -0.0970. The van der Waals surface area contributed by atoms with Gasteiger partial charge >= 0.3 is 5.97 Å². The molecule has 1 unspecified atom stereocenters. The molecule has 138 valence electrons. The van der Waals surface area contributed by atoms with E-state index in [1.807, 2.05) is 6.92 Å². The van der Waals surface area contributed by atoms with Crippen LogP contribution in [0, 0.1) is 11.8 Å². The summed E-state index contributed by atoms with van der Waals surface area (Å²) in [7, 11) is 1.39.